The van der Waals surface area contributed by atoms with Gasteiger partial charge in [-0.25, -0.2) is 9.97 Å². The molecule has 1 aliphatic carbocycles. The van der Waals surface area contributed by atoms with Crippen molar-refractivity contribution >= 4 is 27.4 Å². The van der Waals surface area contributed by atoms with Crippen LogP contribution in [0.3, 0.4) is 0 Å². The summed E-state index contributed by atoms with van der Waals surface area (Å²) in [5.41, 5.74) is 1.22. The Morgan fingerprint density at radius 3 is 2.65 bits per heavy atom. The van der Waals surface area contributed by atoms with Crippen molar-refractivity contribution in [2.24, 2.45) is 0 Å². The number of anilines is 1. The maximum atomic E-state index is 12.5. The molecular formula is C13H14F3N3S. The molecule has 0 amide bonds. The number of alkyl halides is 3. The molecule has 0 spiro atoms. The van der Waals surface area contributed by atoms with Gasteiger partial charge < -0.3 is 5.32 Å². The first-order valence-corrected chi connectivity index (χ1v) is 7.35. The van der Waals surface area contributed by atoms with E-state index < -0.39 is 12.6 Å². The van der Waals surface area contributed by atoms with Crippen molar-refractivity contribution in [3.8, 4) is 0 Å². The van der Waals surface area contributed by atoms with Crippen LogP contribution in [0.5, 0.6) is 0 Å². The largest absolute Gasteiger partial charge is 0.396 e. The SMILES string of the molecule is CNc1nc(CC(F)(F)F)nc2sc3c(c12)CCCC3. The normalized spacial score (nSPS) is 15.4. The van der Waals surface area contributed by atoms with Gasteiger partial charge in [-0.1, -0.05) is 0 Å². The van der Waals surface area contributed by atoms with Gasteiger partial charge in [0.1, 0.15) is 22.9 Å². The van der Waals surface area contributed by atoms with E-state index in [2.05, 4.69) is 15.3 Å². The van der Waals surface area contributed by atoms with Crippen LogP contribution in [0.25, 0.3) is 10.2 Å². The molecule has 20 heavy (non-hydrogen) atoms. The first kappa shape index (κ1) is 13.6. The summed E-state index contributed by atoms with van der Waals surface area (Å²) < 4.78 is 37.5. The third kappa shape index (κ3) is 2.46. The second kappa shape index (κ2) is 4.87. The zero-order valence-corrected chi connectivity index (χ0v) is 11.8. The summed E-state index contributed by atoms with van der Waals surface area (Å²) in [6.07, 6.45) is -1.15. The van der Waals surface area contributed by atoms with E-state index >= 15 is 0 Å². The first-order valence-electron chi connectivity index (χ1n) is 6.53. The van der Waals surface area contributed by atoms with Gasteiger partial charge in [0.15, 0.2) is 0 Å². The average molecular weight is 301 g/mol. The van der Waals surface area contributed by atoms with E-state index in [-0.39, 0.29) is 5.82 Å². The van der Waals surface area contributed by atoms with Crippen LogP contribution in [-0.4, -0.2) is 23.2 Å². The summed E-state index contributed by atoms with van der Waals surface area (Å²) in [6.45, 7) is 0. The highest BCUT2D eigenvalue weighted by atomic mass is 32.1. The molecule has 1 N–H and O–H groups in total. The quantitative estimate of drug-likeness (QED) is 0.918. The zero-order valence-electron chi connectivity index (χ0n) is 11.0. The zero-order chi connectivity index (χ0) is 14.3. The third-order valence-electron chi connectivity index (χ3n) is 3.46. The summed E-state index contributed by atoms with van der Waals surface area (Å²) in [4.78, 5) is 10.1. The van der Waals surface area contributed by atoms with Crippen molar-refractivity contribution in [3.63, 3.8) is 0 Å². The Kier molecular flexibility index (Phi) is 3.32. The molecule has 108 valence electrons. The highest BCUT2D eigenvalue weighted by Gasteiger charge is 2.30. The minimum atomic E-state index is -4.28. The van der Waals surface area contributed by atoms with Crippen LogP contribution in [0.15, 0.2) is 0 Å². The maximum absolute atomic E-state index is 12.5. The molecule has 3 rings (SSSR count). The second-order valence-electron chi connectivity index (χ2n) is 4.92. The second-order valence-corrected chi connectivity index (χ2v) is 6.01. The Hall–Kier alpha value is -1.37. The van der Waals surface area contributed by atoms with E-state index in [9.17, 15) is 13.2 Å². The Morgan fingerprint density at radius 1 is 1.20 bits per heavy atom. The highest BCUT2D eigenvalue weighted by molar-refractivity contribution is 7.19. The number of rotatable bonds is 2. The number of aryl methyl sites for hydroxylation is 2. The lowest BCUT2D eigenvalue weighted by Gasteiger charge is -2.12. The average Bonchev–Trinajstić information content (AvgIpc) is 2.73. The minimum absolute atomic E-state index is 0.159. The van der Waals surface area contributed by atoms with E-state index in [4.69, 9.17) is 0 Å². The molecule has 0 unspecified atom stereocenters. The first-order chi connectivity index (χ1) is 9.48. The van der Waals surface area contributed by atoms with Crippen LogP contribution < -0.4 is 5.32 Å². The number of nitrogens with one attached hydrogen (secondary N) is 1. The Morgan fingerprint density at radius 2 is 1.95 bits per heavy atom. The summed E-state index contributed by atoms with van der Waals surface area (Å²) in [7, 11) is 1.69. The van der Waals surface area contributed by atoms with Gasteiger partial charge in [0.05, 0.1) is 5.39 Å². The Balaban J connectivity index is 2.14. The van der Waals surface area contributed by atoms with Gasteiger partial charge in [0.25, 0.3) is 0 Å². The summed E-state index contributed by atoms with van der Waals surface area (Å²) >= 11 is 1.51. The lowest BCUT2D eigenvalue weighted by molar-refractivity contribution is -0.128. The fraction of sp³-hybridized carbons (Fsp3) is 0.538. The lowest BCUT2D eigenvalue weighted by Crippen LogP contribution is -2.15. The van der Waals surface area contributed by atoms with Crippen LogP contribution >= 0.6 is 11.3 Å². The number of halogens is 3. The molecule has 2 heterocycles. The molecule has 3 nitrogen and oxygen atoms in total. The molecule has 2 aromatic rings. The van der Waals surface area contributed by atoms with Crippen LogP contribution in [0, 0.1) is 0 Å². The minimum Gasteiger partial charge on any atom is -0.372 e. The molecule has 2 aromatic heterocycles. The van der Waals surface area contributed by atoms with Crippen LogP contribution in [-0.2, 0) is 19.3 Å². The van der Waals surface area contributed by atoms with Crippen molar-refractivity contribution in [2.45, 2.75) is 38.3 Å². The number of aromatic nitrogens is 2. The van der Waals surface area contributed by atoms with Gasteiger partial charge in [0.2, 0.25) is 0 Å². The molecule has 0 saturated heterocycles. The molecule has 0 radical (unpaired) electrons. The number of hydrogen-bond donors (Lipinski definition) is 1. The number of nitrogens with zero attached hydrogens (tertiary/aromatic N) is 2. The van der Waals surface area contributed by atoms with Crippen molar-refractivity contribution in [2.75, 3.05) is 12.4 Å². The van der Waals surface area contributed by atoms with Gasteiger partial charge in [-0.05, 0) is 31.2 Å². The van der Waals surface area contributed by atoms with Gasteiger partial charge in [-0.2, -0.15) is 13.2 Å². The van der Waals surface area contributed by atoms with Crippen molar-refractivity contribution in [1.29, 1.82) is 0 Å². The monoisotopic (exact) mass is 301 g/mol. The Labute approximate surface area is 118 Å². The van der Waals surface area contributed by atoms with E-state index in [1.54, 1.807) is 7.05 Å². The molecule has 0 fully saturated rings. The fourth-order valence-corrected chi connectivity index (χ4v) is 3.92. The maximum Gasteiger partial charge on any atom is 0.396 e. The summed E-state index contributed by atoms with van der Waals surface area (Å²) in [5, 5.41) is 3.84. The lowest BCUT2D eigenvalue weighted by atomic mass is 9.97. The molecule has 0 aromatic carbocycles. The van der Waals surface area contributed by atoms with E-state index in [0.717, 1.165) is 31.1 Å². The van der Waals surface area contributed by atoms with Crippen LogP contribution in [0.4, 0.5) is 19.0 Å². The predicted octanol–water partition coefficient (Wildman–Crippen LogP) is 3.72. The van der Waals surface area contributed by atoms with Gasteiger partial charge >= 0.3 is 6.18 Å². The fourth-order valence-electron chi connectivity index (χ4n) is 2.64. The Bertz CT molecular complexity index is 648. The summed E-state index contributed by atoms with van der Waals surface area (Å²) in [6, 6.07) is 0. The smallest absolute Gasteiger partial charge is 0.372 e. The van der Waals surface area contributed by atoms with Gasteiger partial charge in [0, 0.05) is 11.9 Å². The molecule has 0 bridgehead atoms. The number of hydrogen-bond acceptors (Lipinski definition) is 4. The van der Waals surface area contributed by atoms with Gasteiger partial charge in [-0.3, -0.25) is 0 Å². The van der Waals surface area contributed by atoms with Crippen molar-refractivity contribution in [1.82, 2.24) is 9.97 Å². The molecule has 0 saturated carbocycles. The van der Waals surface area contributed by atoms with Crippen molar-refractivity contribution < 1.29 is 13.2 Å². The molecule has 7 heteroatoms. The van der Waals surface area contributed by atoms with E-state index in [0.29, 0.717) is 10.6 Å². The molecule has 1 aliphatic rings. The highest BCUT2D eigenvalue weighted by Crippen LogP contribution is 2.38. The van der Waals surface area contributed by atoms with Gasteiger partial charge in [-0.15, -0.1) is 11.3 Å². The van der Waals surface area contributed by atoms with E-state index in [1.165, 1.54) is 21.8 Å². The topological polar surface area (TPSA) is 37.8 Å². The predicted molar refractivity (Wildman–Crippen MR) is 73.4 cm³/mol. The van der Waals surface area contributed by atoms with Crippen LogP contribution in [0.2, 0.25) is 0 Å². The number of fused-ring (bicyclic) bond motifs is 3. The van der Waals surface area contributed by atoms with E-state index in [1.807, 2.05) is 0 Å². The van der Waals surface area contributed by atoms with Crippen LogP contribution in [0.1, 0.15) is 29.1 Å². The molecule has 0 aliphatic heterocycles. The standard InChI is InChI=1S/C13H14F3N3S/c1-17-11-10-7-4-2-3-5-8(7)20-12(10)19-9(18-11)6-13(14,15)16/h2-6H2,1H3,(H,17,18,19). The van der Waals surface area contributed by atoms with Crippen molar-refractivity contribution in [3.05, 3.63) is 16.3 Å². The summed E-state index contributed by atoms with van der Waals surface area (Å²) in [5.74, 6) is 0.363. The molecule has 0 atom stereocenters. The third-order valence-corrected chi connectivity index (χ3v) is 4.64. The number of thiophene rings is 1. The molecular weight excluding hydrogens is 287 g/mol.